The van der Waals surface area contributed by atoms with Crippen LogP contribution in [0.15, 0.2) is 48.5 Å². The molecule has 64 heavy (non-hydrogen) atoms. The molecule has 0 saturated heterocycles. The minimum absolute atomic E-state index is 0.0187. The highest BCUT2D eigenvalue weighted by atomic mass is 16.6. The van der Waals surface area contributed by atoms with Crippen LogP contribution in [-0.2, 0) is 32.0 Å². The number of H-pyrrole nitrogens is 2. The fourth-order valence-corrected chi connectivity index (χ4v) is 8.28. The van der Waals surface area contributed by atoms with E-state index in [1.807, 2.05) is 62.4 Å². The molecule has 4 aliphatic rings. The number of aryl methyl sites for hydroxylation is 2. The van der Waals surface area contributed by atoms with Crippen LogP contribution in [0.3, 0.4) is 0 Å². The van der Waals surface area contributed by atoms with Gasteiger partial charge < -0.3 is 47.0 Å². The maximum atomic E-state index is 12.2. The van der Waals surface area contributed by atoms with Crippen molar-refractivity contribution in [2.75, 3.05) is 23.7 Å². The molecular formula is C46H52N12O6. The average molecular weight is 869 g/mol. The fourth-order valence-electron chi connectivity index (χ4n) is 8.28. The molecule has 3 amide bonds. The molecule has 2 aliphatic carbocycles. The van der Waals surface area contributed by atoms with Crippen molar-refractivity contribution in [2.45, 2.75) is 97.3 Å². The van der Waals surface area contributed by atoms with Gasteiger partial charge >= 0.3 is 11.9 Å². The number of aromatic amines is 2. The van der Waals surface area contributed by atoms with E-state index in [-0.39, 0.29) is 41.9 Å². The molecule has 4 atom stereocenters. The second-order valence-electron chi connectivity index (χ2n) is 16.5. The molecule has 0 spiro atoms. The van der Waals surface area contributed by atoms with Crippen molar-refractivity contribution in [3.63, 3.8) is 0 Å². The smallest absolute Gasteiger partial charge is 0.310 e. The molecule has 0 radical (unpaired) electrons. The SMILES string of the molecule is CC(=O)N[C@@H]1CC[C@@H]1Nc1nc2c(-c3cc4c([nH]3)CCNC4=O)cccc2nc1C.CC(=O)OC(C)=O.Cc1nc2cccc(-c3cc4c([nH]3)CCNC4=O)c2nc1N[C@H]1CC[C@H]1N. The summed E-state index contributed by atoms with van der Waals surface area (Å²) in [5, 5.41) is 15.7. The predicted molar refractivity (Wildman–Crippen MR) is 242 cm³/mol. The number of hydrogen-bond donors (Lipinski definition) is 8. The van der Waals surface area contributed by atoms with Crippen LogP contribution in [-0.4, -0.2) is 96.8 Å². The number of carbonyl (C=O) groups excluding carboxylic acids is 5. The van der Waals surface area contributed by atoms with Crippen LogP contribution in [0, 0.1) is 13.8 Å². The molecule has 18 heteroatoms. The van der Waals surface area contributed by atoms with E-state index in [0.29, 0.717) is 24.2 Å². The normalized spacial score (nSPS) is 19.4. The number of para-hydroxylation sites is 2. The Bertz CT molecular complexity index is 2800. The Labute approximate surface area is 368 Å². The highest BCUT2D eigenvalue weighted by Gasteiger charge is 2.32. The molecule has 332 valence electrons. The zero-order chi connectivity index (χ0) is 45.2. The lowest BCUT2D eigenvalue weighted by molar-refractivity contribution is -0.156. The van der Waals surface area contributed by atoms with Crippen molar-refractivity contribution in [1.82, 2.24) is 45.9 Å². The van der Waals surface area contributed by atoms with Crippen LogP contribution in [0.5, 0.6) is 0 Å². The number of benzene rings is 2. The number of amides is 3. The summed E-state index contributed by atoms with van der Waals surface area (Å²) in [6, 6.07) is 16.3. The molecule has 0 bridgehead atoms. The van der Waals surface area contributed by atoms with Crippen molar-refractivity contribution < 1.29 is 28.7 Å². The minimum Gasteiger partial charge on any atom is -0.394 e. The number of hydrogen-bond acceptors (Lipinski definition) is 13. The van der Waals surface area contributed by atoms with Gasteiger partial charge in [0.15, 0.2) is 0 Å². The summed E-state index contributed by atoms with van der Waals surface area (Å²) < 4.78 is 3.97. The number of aromatic nitrogens is 6. The van der Waals surface area contributed by atoms with Crippen LogP contribution in [0.25, 0.3) is 44.6 Å². The van der Waals surface area contributed by atoms with E-state index < -0.39 is 11.9 Å². The van der Waals surface area contributed by atoms with Gasteiger partial charge in [0.1, 0.15) is 22.7 Å². The summed E-state index contributed by atoms with van der Waals surface area (Å²) in [4.78, 5) is 81.4. The van der Waals surface area contributed by atoms with Gasteiger partial charge in [-0.05, 0) is 63.8 Å². The first-order chi connectivity index (χ1) is 30.7. The van der Waals surface area contributed by atoms with Gasteiger partial charge in [-0.15, -0.1) is 0 Å². The Morgan fingerprint density at radius 2 is 1.11 bits per heavy atom. The van der Waals surface area contributed by atoms with E-state index in [1.54, 1.807) is 6.92 Å². The maximum absolute atomic E-state index is 12.2. The Kier molecular flexibility index (Phi) is 12.4. The third kappa shape index (κ3) is 9.27. The van der Waals surface area contributed by atoms with Gasteiger partial charge in [-0.2, -0.15) is 0 Å². The second kappa shape index (κ2) is 18.3. The first-order valence-corrected chi connectivity index (χ1v) is 21.5. The average Bonchev–Trinajstić information content (AvgIpc) is 3.89. The predicted octanol–water partition coefficient (Wildman–Crippen LogP) is 4.52. The third-order valence-corrected chi connectivity index (χ3v) is 11.9. The van der Waals surface area contributed by atoms with Gasteiger partial charge in [0.25, 0.3) is 11.8 Å². The minimum atomic E-state index is -0.562. The summed E-state index contributed by atoms with van der Waals surface area (Å²) in [6.45, 7) is 9.11. The van der Waals surface area contributed by atoms with Crippen LogP contribution in [0.1, 0.15) is 89.9 Å². The Balaban J connectivity index is 0.000000153. The van der Waals surface area contributed by atoms with Crippen molar-refractivity contribution in [3.05, 3.63) is 82.4 Å². The van der Waals surface area contributed by atoms with Crippen LogP contribution < -0.4 is 32.3 Å². The summed E-state index contributed by atoms with van der Waals surface area (Å²) in [5.74, 6) is 0.294. The van der Waals surface area contributed by atoms with E-state index in [2.05, 4.69) is 41.3 Å². The first-order valence-electron chi connectivity index (χ1n) is 21.5. The maximum Gasteiger partial charge on any atom is 0.310 e. The van der Waals surface area contributed by atoms with E-state index in [9.17, 15) is 24.0 Å². The highest BCUT2D eigenvalue weighted by Crippen LogP contribution is 2.33. The van der Waals surface area contributed by atoms with Crippen LogP contribution in [0.2, 0.25) is 0 Å². The van der Waals surface area contributed by atoms with Crippen molar-refractivity contribution >= 4 is 63.4 Å². The molecule has 2 aliphatic heterocycles. The Hall–Kier alpha value is -7.21. The lowest BCUT2D eigenvalue weighted by atomic mass is 9.86. The Morgan fingerprint density at radius 3 is 1.48 bits per heavy atom. The zero-order valence-electron chi connectivity index (χ0n) is 36.4. The molecule has 6 aromatic rings. The molecule has 4 aromatic heterocycles. The molecule has 9 N–H and O–H groups in total. The van der Waals surface area contributed by atoms with E-state index >= 15 is 0 Å². The molecule has 18 nitrogen and oxygen atoms in total. The number of carbonyl (C=O) groups is 5. The van der Waals surface area contributed by atoms with Gasteiger partial charge in [-0.3, -0.25) is 24.0 Å². The topological polar surface area (TPSA) is 264 Å². The quantitative estimate of drug-likeness (QED) is 0.0812. The number of esters is 2. The zero-order valence-corrected chi connectivity index (χ0v) is 36.4. The van der Waals surface area contributed by atoms with Crippen molar-refractivity contribution in [2.24, 2.45) is 5.73 Å². The number of ether oxygens (including phenoxy) is 1. The van der Waals surface area contributed by atoms with Gasteiger partial charge in [0, 0.05) is 105 Å². The summed E-state index contributed by atoms with van der Waals surface area (Å²) >= 11 is 0. The number of rotatable bonds is 7. The molecule has 2 saturated carbocycles. The van der Waals surface area contributed by atoms with Gasteiger partial charge in [0.05, 0.1) is 33.5 Å². The fraction of sp³-hybridized carbons (Fsp3) is 0.370. The molecule has 10 rings (SSSR count). The van der Waals surface area contributed by atoms with Gasteiger partial charge in [-0.1, -0.05) is 24.3 Å². The van der Waals surface area contributed by atoms with E-state index in [0.717, 1.165) is 118 Å². The van der Waals surface area contributed by atoms with Crippen molar-refractivity contribution in [1.29, 1.82) is 0 Å². The van der Waals surface area contributed by atoms with Crippen LogP contribution in [0.4, 0.5) is 11.6 Å². The number of fused-ring (bicyclic) bond motifs is 4. The van der Waals surface area contributed by atoms with Crippen molar-refractivity contribution in [3.8, 4) is 22.5 Å². The standard InChI is InChI=1S/C22H24N6O2.C20H22N6O.C4H6O3/c1-11-21(27-17-7-6-16(17)25-12(2)29)28-20-13(4-3-5-18(20)24-11)19-10-14-15(26-19)8-9-23-22(14)30;1-10-19(25-15-6-5-13(15)21)26-18-11(3-2-4-16(18)23-10)17-9-12-14(24-17)7-8-22-20(12)27;1-3(5)7-4(2)6/h3-5,10,16-17,26H,6-9H2,1-2H3,(H,23,30)(H,25,29)(H,27,28);2-4,9,13,15,24H,5-8,21H2,1H3,(H,22,27)(H,25,26);1-2H3/t16-,17+;13-,15+;/m11./s1. The molecule has 6 heterocycles. The third-order valence-electron chi connectivity index (χ3n) is 11.9. The van der Waals surface area contributed by atoms with E-state index in [4.69, 9.17) is 25.7 Å². The number of nitrogens with one attached hydrogen (secondary N) is 7. The van der Waals surface area contributed by atoms with Gasteiger partial charge in [-0.25, -0.2) is 19.9 Å². The summed E-state index contributed by atoms with van der Waals surface area (Å²) in [5.41, 5.74) is 18.0. The molecule has 2 aromatic carbocycles. The van der Waals surface area contributed by atoms with E-state index in [1.165, 1.54) is 13.8 Å². The van der Waals surface area contributed by atoms with Gasteiger partial charge in [0.2, 0.25) is 5.91 Å². The lowest BCUT2D eigenvalue weighted by Gasteiger charge is -2.37. The number of nitrogens with two attached hydrogens (primary N) is 1. The lowest BCUT2D eigenvalue weighted by Crippen LogP contribution is -2.53. The molecule has 2 fully saturated rings. The number of anilines is 2. The molecular weight excluding hydrogens is 817 g/mol. The highest BCUT2D eigenvalue weighted by molar-refractivity contribution is 6.01. The largest absolute Gasteiger partial charge is 0.394 e. The monoisotopic (exact) mass is 868 g/mol. The molecule has 0 unspecified atom stereocenters. The Morgan fingerprint density at radius 1 is 0.641 bits per heavy atom. The van der Waals surface area contributed by atoms with Crippen LogP contribution >= 0.6 is 0 Å². The summed E-state index contributed by atoms with van der Waals surface area (Å²) in [7, 11) is 0. The second-order valence-corrected chi connectivity index (χ2v) is 16.5. The number of nitrogens with zero attached hydrogens (tertiary/aromatic N) is 4. The first kappa shape index (κ1) is 43.4. The summed E-state index contributed by atoms with van der Waals surface area (Å²) in [6.07, 6.45) is 5.63.